The second kappa shape index (κ2) is 11.4. The van der Waals surface area contributed by atoms with Crippen LogP contribution in [0.25, 0.3) is 0 Å². The van der Waals surface area contributed by atoms with Crippen molar-refractivity contribution < 1.29 is 41.9 Å². The van der Waals surface area contributed by atoms with Gasteiger partial charge in [0.25, 0.3) is 15.7 Å². The fourth-order valence-corrected chi connectivity index (χ4v) is 4.31. The van der Waals surface area contributed by atoms with Gasteiger partial charge in [-0.3, -0.25) is 19.6 Å². The van der Waals surface area contributed by atoms with Crippen LogP contribution in [0, 0.1) is 10.1 Å². The topological polar surface area (TPSA) is 160 Å². The molecule has 1 N–H and O–H groups in total. The van der Waals surface area contributed by atoms with Gasteiger partial charge in [0.2, 0.25) is 5.78 Å². The molecule has 0 radical (unpaired) electrons. The number of ether oxygens (including phenoxy) is 4. The highest BCUT2D eigenvalue weighted by molar-refractivity contribution is 7.92. The van der Waals surface area contributed by atoms with Gasteiger partial charge in [-0.05, 0) is 36.4 Å². The summed E-state index contributed by atoms with van der Waals surface area (Å²) in [5, 5.41) is 11.1. The highest BCUT2D eigenvalue weighted by Crippen LogP contribution is 2.31. The highest BCUT2D eigenvalue weighted by Gasteiger charge is 2.22. The third kappa shape index (κ3) is 6.32. The fraction of sp³-hybridized carbons (Fsp3) is 0.167. The van der Waals surface area contributed by atoms with Crippen LogP contribution in [0.3, 0.4) is 0 Å². The first kappa shape index (κ1) is 26.9. The minimum Gasteiger partial charge on any atom is -0.497 e. The maximum absolute atomic E-state index is 12.9. The van der Waals surface area contributed by atoms with Crippen LogP contribution in [0.5, 0.6) is 17.2 Å². The highest BCUT2D eigenvalue weighted by atomic mass is 32.2. The van der Waals surface area contributed by atoms with E-state index in [1.165, 1.54) is 57.7 Å². The van der Waals surface area contributed by atoms with E-state index >= 15 is 0 Å². The van der Waals surface area contributed by atoms with Crippen molar-refractivity contribution in [2.24, 2.45) is 0 Å². The number of esters is 1. The van der Waals surface area contributed by atoms with Crippen LogP contribution < -0.4 is 18.9 Å². The Hall–Kier alpha value is -4.65. The number of sulfonamides is 1. The molecule has 0 aliphatic rings. The number of carbonyl (C=O) groups is 2. The van der Waals surface area contributed by atoms with Crippen LogP contribution in [0.2, 0.25) is 0 Å². The van der Waals surface area contributed by atoms with E-state index in [1.54, 1.807) is 6.07 Å². The number of hydrogen-bond donors (Lipinski definition) is 1. The molecule has 0 spiro atoms. The van der Waals surface area contributed by atoms with Crippen molar-refractivity contribution in [1.29, 1.82) is 0 Å². The maximum atomic E-state index is 12.9. The molecule has 0 amide bonds. The van der Waals surface area contributed by atoms with E-state index in [2.05, 4.69) is 4.72 Å². The minimum absolute atomic E-state index is 0.0530. The van der Waals surface area contributed by atoms with E-state index < -0.39 is 33.3 Å². The number of ketones is 1. The van der Waals surface area contributed by atoms with Crippen LogP contribution in [-0.2, 0) is 14.8 Å². The molecular weight excluding hydrogens is 508 g/mol. The molecule has 13 heteroatoms. The SMILES string of the molecule is COc1ccc(C(=O)COC(=O)c2cccc(S(=O)(=O)Nc3cc([N+](=O)[O-])ccc3OC)c2)c(OC)c1. The van der Waals surface area contributed by atoms with Gasteiger partial charge in [0.15, 0.2) is 6.61 Å². The summed E-state index contributed by atoms with van der Waals surface area (Å²) in [5.74, 6) is -0.727. The molecule has 0 saturated heterocycles. The average molecular weight is 531 g/mol. The van der Waals surface area contributed by atoms with Gasteiger partial charge >= 0.3 is 5.97 Å². The molecule has 0 saturated carbocycles. The van der Waals surface area contributed by atoms with E-state index in [9.17, 15) is 28.1 Å². The Kier molecular flexibility index (Phi) is 8.30. The van der Waals surface area contributed by atoms with E-state index in [0.717, 1.165) is 18.2 Å². The lowest BCUT2D eigenvalue weighted by molar-refractivity contribution is -0.384. The predicted octanol–water partition coefficient (Wildman–Crippen LogP) is 3.46. The summed E-state index contributed by atoms with van der Waals surface area (Å²) in [5.41, 5.74) is -0.483. The van der Waals surface area contributed by atoms with E-state index in [0.29, 0.717) is 5.75 Å². The smallest absolute Gasteiger partial charge is 0.338 e. The summed E-state index contributed by atoms with van der Waals surface area (Å²) in [6.45, 7) is -0.623. The van der Waals surface area contributed by atoms with Gasteiger partial charge in [0, 0.05) is 18.2 Å². The molecule has 0 heterocycles. The van der Waals surface area contributed by atoms with E-state index in [-0.39, 0.29) is 38.9 Å². The first-order valence-corrected chi connectivity index (χ1v) is 12.0. The van der Waals surface area contributed by atoms with Crippen molar-refractivity contribution in [3.63, 3.8) is 0 Å². The number of non-ortho nitro benzene ring substituents is 1. The van der Waals surface area contributed by atoms with E-state index in [1.807, 2.05) is 0 Å². The summed E-state index contributed by atoms with van der Waals surface area (Å²) < 4.78 is 48.5. The molecule has 0 aliphatic carbocycles. The quantitative estimate of drug-likeness (QED) is 0.168. The number of carbonyl (C=O) groups excluding carboxylic acids is 2. The van der Waals surface area contributed by atoms with Gasteiger partial charge in [0.1, 0.15) is 17.2 Å². The summed E-state index contributed by atoms with van der Waals surface area (Å²) in [7, 11) is -0.178. The average Bonchev–Trinajstić information content (AvgIpc) is 2.90. The second-order valence-corrected chi connectivity index (χ2v) is 9.02. The van der Waals surface area contributed by atoms with Gasteiger partial charge in [-0.25, -0.2) is 13.2 Å². The van der Waals surface area contributed by atoms with Crippen molar-refractivity contribution in [2.75, 3.05) is 32.7 Å². The molecule has 0 bridgehead atoms. The van der Waals surface area contributed by atoms with Gasteiger partial charge in [-0.15, -0.1) is 0 Å². The molecule has 0 unspecified atom stereocenters. The van der Waals surface area contributed by atoms with Crippen LogP contribution in [0.1, 0.15) is 20.7 Å². The Balaban J connectivity index is 1.77. The third-order valence-electron chi connectivity index (χ3n) is 5.06. The number of anilines is 1. The number of methoxy groups -OCH3 is 3. The standard InChI is InChI=1S/C24H22N2O10S/c1-33-17-8-9-19(23(13-17)35-3)21(27)14-36-24(28)15-5-4-6-18(11-15)37(31,32)25-20-12-16(26(29)30)7-10-22(20)34-2/h4-13,25H,14H2,1-3H3. The number of hydrogen-bond acceptors (Lipinski definition) is 10. The van der Waals surface area contributed by atoms with Crippen molar-refractivity contribution in [3.8, 4) is 17.2 Å². The molecular formula is C24H22N2O10S. The molecule has 37 heavy (non-hydrogen) atoms. The first-order chi connectivity index (χ1) is 17.6. The maximum Gasteiger partial charge on any atom is 0.338 e. The Labute approximate surface area is 211 Å². The summed E-state index contributed by atoms with van der Waals surface area (Å²) in [6, 6.07) is 12.8. The number of Topliss-reactive ketones (excluding diaryl/α,β-unsaturated/α-hetero) is 1. The normalized spacial score (nSPS) is 10.8. The van der Waals surface area contributed by atoms with Crippen molar-refractivity contribution in [3.05, 3.63) is 81.9 Å². The second-order valence-electron chi connectivity index (χ2n) is 7.34. The molecule has 0 aliphatic heterocycles. The van der Waals surface area contributed by atoms with Crippen LogP contribution >= 0.6 is 0 Å². The zero-order valence-electron chi connectivity index (χ0n) is 19.9. The third-order valence-corrected chi connectivity index (χ3v) is 6.42. The summed E-state index contributed by atoms with van der Waals surface area (Å²) in [6.07, 6.45) is 0. The monoisotopic (exact) mass is 530 g/mol. The molecule has 0 fully saturated rings. The molecule has 3 rings (SSSR count). The minimum atomic E-state index is -4.29. The largest absolute Gasteiger partial charge is 0.497 e. The number of rotatable bonds is 11. The molecule has 0 atom stereocenters. The van der Waals surface area contributed by atoms with Crippen molar-refractivity contribution in [2.45, 2.75) is 4.90 Å². The van der Waals surface area contributed by atoms with Crippen LogP contribution in [-0.4, -0.2) is 53.0 Å². The number of nitro groups is 1. The lowest BCUT2D eigenvalue weighted by Gasteiger charge is -2.12. The summed E-state index contributed by atoms with van der Waals surface area (Å²) >= 11 is 0. The Morgan fingerprint density at radius 2 is 1.65 bits per heavy atom. The predicted molar refractivity (Wildman–Crippen MR) is 131 cm³/mol. The van der Waals surface area contributed by atoms with Gasteiger partial charge in [0.05, 0.1) is 48.0 Å². The zero-order valence-corrected chi connectivity index (χ0v) is 20.7. The van der Waals surface area contributed by atoms with Gasteiger partial charge in [-0.1, -0.05) is 6.07 Å². The Morgan fingerprint density at radius 1 is 0.919 bits per heavy atom. The molecule has 12 nitrogen and oxygen atoms in total. The Morgan fingerprint density at radius 3 is 2.30 bits per heavy atom. The number of nitrogens with one attached hydrogen (secondary N) is 1. The molecule has 0 aromatic heterocycles. The van der Waals surface area contributed by atoms with Gasteiger partial charge in [-0.2, -0.15) is 0 Å². The Bertz CT molecular complexity index is 1450. The molecule has 194 valence electrons. The lowest BCUT2D eigenvalue weighted by atomic mass is 10.1. The molecule has 3 aromatic rings. The fourth-order valence-electron chi connectivity index (χ4n) is 3.20. The summed E-state index contributed by atoms with van der Waals surface area (Å²) in [4.78, 5) is 35.2. The number of benzene rings is 3. The van der Waals surface area contributed by atoms with E-state index in [4.69, 9.17) is 18.9 Å². The lowest BCUT2D eigenvalue weighted by Crippen LogP contribution is -2.17. The van der Waals surface area contributed by atoms with Crippen LogP contribution in [0.4, 0.5) is 11.4 Å². The number of nitrogens with zero attached hydrogens (tertiary/aromatic N) is 1. The van der Waals surface area contributed by atoms with Gasteiger partial charge < -0.3 is 18.9 Å². The first-order valence-electron chi connectivity index (χ1n) is 10.5. The number of nitro benzene ring substituents is 1. The van der Waals surface area contributed by atoms with Crippen molar-refractivity contribution >= 4 is 33.2 Å². The van der Waals surface area contributed by atoms with Crippen LogP contribution in [0.15, 0.2) is 65.6 Å². The zero-order chi connectivity index (χ0) is 27.2. The van der Waals surface area contributed by atoms with Crippen molar-refractivity contribution in [1.82, 2.24) is 0 Å². The molecule has 3 aromatic carbocycles.